The summed E-state index contributed by atoms with van der Waals surface area (Å²) in [5.74, 6) is -0.392. The van der Waals surface area contributed by atoms with Gasteiger partial charge in [-0.2, -0.15) is 0 Å². The van der Waals surface area contributed by atoms with Crippen molar-refractivity contribution in [2.75, 3.05) is 13.2 Å². The molecular formula is C18H20BrClFNO3S2. The highest BCUT2D eigenvalue weighted by Gasteiger charge is 2.35. The molecule has 2 atom stereocenters. The Kier molecular flexibility index (Phi) is 6.91. The molecule has 0 spiro atoms. The number of nitrogens with one attached hydrogen (secondary N) is 1. The molecule has 0 radical (unpaired) electrons. The summed E-state index contributed by atoms with van der Waals surface area (Å²) in [6, 6.07) is 6.02. The lowest BCUT2D eigenvalue weighted by atomic mass is 10.00. The predicted octanol–water partition coefficient (Wildman–Crippen LogP) is 5.49. The molecule has 1 N–H and O–H groups in total. The monoisotopic (exact) mass is 495 g/mol. The zero-order chi connectivity index (χ0) is 19.8. The molecule has 0 bridgehead atoms. The minimum Gasteiger partial charge on any atom is -0.598 e. The first kappa shape index (κ1) is 21.5. The minimum atomic E-state index is -1.40. The molecule has 2 heterocycles. The van der Waals surface area contributed by atoms with E-state index in [0.29, 0.717) is 27.6 Å². The summed E-state index contributed by atoms with van der Waals surface area (Å²) in [6.45, 7) is 6.61. The Labute approximate surface area is 178 Å². The van der Waals surface area contributed by atoms with Crippen LogP contribution in [0.3, 0.4) is 0 Å². The molecule has 0 aliphatic carbocycles. The van der Waals surface area contributed by atoms with Gasteiger partial charge >= 0.3 is 0 Å². The standard InChI is InChI=1S/C18H20BrClFNO3S2/c1-18(2,3)27(23)22-15(10-5-4-6-12(21)14(10)19)11-9-13(20)26-16(11)17-24-7-8-25-17/h4-6,9,15,17,22H,7-8H2,1-3H3/t15-,27?/m0/s1. The Bertz CT molecular complexity index is 808. The van der Waals surface area contributed by atoms with E-state index in [0.717, 1.165) is 10.4 Å². The minimum absolute atomic E-state index is 0.315. The van der Waals surface area contributed by atoms with Crippen molar-refractivity contribution in [3.8, 4) is 0 Å². The second kappa shape index (κ2) is 8.67. The van der Waals surface area contributed by atoms with E-state index in [1.807, 2.05) is 20.8 Å². The molecule has 2 aromatic rings. The number of rotatable bonds is 5. The molecule has 1 saturated heterocycles. The van der Waals surface area contributed by atoms with Crippen LogP contribution in [0, 0.1) is 5.82 Å². The van der Waals surface area contributed by atoms with Crippen LogP contribution >= 0.6 is 38.9 Å². The highest BCUT2D eigenvalue weighted by molar-refractivity contribution is 9.10. The van der Waals surface area contributed by atoms with Crippen molar-refractivity contribution in [1.29, 1.82) is 0 Å². The second-order valence-electron chi connectivity index (χ2n) is 7.02. The fraction of sp³-hybridized carbons (Fsp3) is 0.444. The smallest absolute Gasteiger partial charge is 0.193 e. The van der Waals surface area contributed by atoms with E-state index in [-0.39, 0.29) is 0 Å². The number of halogens is 3. The lowest BCUT2D eigenvalue weighted by Crippen LogP contribution is -2.41. The van der Waals surface area contributed by atoms with Crippen molar-refractivity contribution in [2.24, 2.45) is 0 Å². The van der Waals surface area contributed by atoms with Crippen molar-refractivity contribution in [3.63, 3.8) is 0 Å². The Hall–Kier alpha value is -0.190. The normalized spacial score (nSPS) is 18.0. The molecular weight excluding hydrogens is 477 g/mol. The first-order chi connectivity index (χ1) is 12.7. The van der Waals surface area contributed by atoms with Crippen molar-refractivity contribution in [2.45, 2.75) is 37.9 Å². The molecule has 148 valence electrons. The van der Waals surface area contributed by atoms with Gasteiger partial charge in [0.25, 0.3) is 0 Å². The molecule has 1 aromatic heterocycles. The molecule has 1 unspecified atom stereocenters. The molecule has 4 nitrogen and oxygen atoms in total. The Morgan fingerprint density at radius 1 is 1.33 bits per heavy atom. The summed E-state index contributed by atoms with van der Waals surface area (Å²) < 4.78 is 41.9. The number of thiophene rings is 1. The maximum Gasteiger partial charge on any atom is 0.193 e. The van der Waals surface area contributed by atoms with Gasteiger partial charge in [0.05, 0.1) is 26.9 Å². The average Bonchev–Trinajstić information content (AvgIpc) is 3.23. The second-order valence-corrected chi connectivity index (χ2v) is 11.5. The Balaban J connectivity index is 2.09. The predicted molar refractivity (Wildman–Crippen MR) is 111 cm³/mol. The molecule has 3 rings (SSSR count). The van der Waals surface area contributed by atoms with E-state index in [1.165, 1.54) is 17.4 Å². The van der Waals surface area contributed by atoms with Gasteiger partial charge in [-0.15, -0.1) is 16.1 Å². The Morgan fingerprint density at radius 3 is 2.63 bits per heavy atom. The van der Waals surface area contributed by atoms with Crippen molar-refractivity contribution < 1.29 is 18.4 Å². The maximum absolute atomic E-state index is 14.2. The van der Waals surface area contributed by atoms with E-state index < -0.39 is 34.3 Å². The lowest BCUT2D eigenvalue weighted by Gasteiger charge is -2.29. The average molecular weight is 497 g/mol. The molecule has 1 aliphatic rings. The van der Waals surface area contributed by atoms with Crippen LogP contribution in [-0.2, 0) is 20.8 Å². The molecule has 27 heavy (non-hydrogen) atoms. The van der Waals surface area contributed by atoms with Crippen LogP contribution in [0.25, 0.3) is 0 Å². The summed E-state index contributed by atoms with van der Waals surface area (Å²) in [5, 5.41) is 0. The first-order valence-electron chi connectivity index (χ1n) is 8.32. The van der Waals surface area contributed by atoms with Gasteiger partial charge in [-0.1, -0.05) is 23.7 Å². The van der Waals surface area contributed by atoms with Gasteiger partial charge < -0.3 is 14.0 Å². The number of benzene rings is 1. The van der Waals surface area contributed by atoms with Crippen LogP contribution in [0.5, 0.6) is 0 Å². The fourth-order valence-electron chi connectivity index (χ4n) is 2.63. The highest BCUT2D eigenvalue weighted by atomic mass is 79.9. The molecule has 9 heteroatoms. The van der Waals surface area contributed by atoms with Crippen LogP contribution in [0.2, 0.25) is 4.34 Å². The van der Waals surface area contributed by atoms with Crippen molar-refractivity contribution in [1.82, 2.24) is 4.72 Å². The third-order valence-corrected chi connectivity index (χ3v) is 7.68. The molecule has 0 saturated carbocycles. The molecule has 1 fully saturated rings. The topological polar surface area (TPSA) is 53.5 Å². The van der Waals surface area contributed by atoms with E-state index in [9.17, 15) is 8.94 Å². The van der Waals surface area contributed by atoms with Gasteiger partial charge in [-0.05, 0) is 60.0 Å². The van der Waals surface area contributed by atoms with Gasteiger partial charge in [0, 0.05) is 11.4 Å². The van der Waals surface area contributed by atoms with Gasteiger partial charge in [-0.3, -0.25) is 0 Å². The van der Waals surface area contributed by atoms with Crippen LogP contribution in [0.1, 0.15) is 49.1 Å². The SMILES string of the molecule is CC(C)(C)[S+]([O-])N[C@H](c1cc(Cl)sc1C1OCCO1)c1cccc(F)c1Br. The summed E-state index contributed by atoms with van der Waals surface area (Å²) in [7, 11) is 0. The van der Waals surface area contributed by atoms with E-state index in [4.69, 9.17) is 21.1 Å². The van der Waals surface area contributed by atoms with Crippen LogP contribution in [-0.4, -0.2) is 22.5 Å². The third kappa shape index (κ3) is 4.87. The number of hydrogen-bond acceptors (Lipinski definition) is 5. The van der Waals surface area contributed by atoms with Gasteiger partial charge in [0.1, 0.15) is 16.6 Å². The van der Waals surface area contributed by atoms with Crippen LogP contribution in [0.15, 0.2) is 28.7 Å². The zero-order valence-corrected chi connectivity index (χ0v) is 19.0. The summed E-state index contributed by atoms with van der Waals surface area (Å²) in [4.78, 5) is 0.789. The molecule has 0 amide bonds. The summed E-state index contributed by atoms with van der Waals surface area (Å²) >= 11 is 9.57. The summed E-state index contributed by atoms with van der Waals surface area (Å²) in [6.07, 6.45) is -0.530. The van der Waals surface area contributed by atoms with Crippen molar-refractivity contribution in [3.05, 3.63) is 54.9 Å². The fourth-order valence-corrected chi connectivity index (χ4v) is 5.23. The highest BCUT2D eigenvalue weighted by Crippen LogP contribution is 2.42. The number of hydrogen-bond donors (Lipinski definition) is 1. The zero-order valence-electron chi connectivity index (χ0n) is 15.1. The van der Waals surface area contributed by atoms with Crippen LogP contribution in [0.4, 0.5) is 4.39 Å². The van der Waals surface area contributed by atoms with Gasteiger partial charge in [0.2, 0.25) is 0 Å². The lowest BCUT2D eigenvalue weighted by molar-refractivity contribution is -0.0420. The maximum atomic E-state index is 14.2. The first-order valence-corrected chi connectivity index (χ1v) is 11.5. The van der Waals surface area contributed by atoms with Gasteiger partial charge in [0.15, 0.2) is 6.29 Å². The van der Waals surface area contributed by atoms with E-state index in [2.05, 4.69) is 20.7 Å². The molecule has 1 aromatic carbocycles. The quantitative estimate of drug-likeness (QED) is 0.556. The van der Waals surface area contributed by atoms with Gasteiger partial charge in [-0.25, -0.2) is 4.39 Å². The summed E-state index contributed by atoms with van der Waals surface area (Å²) in [5.41, 5.74) is 1.39. The largest absolute Gasteiger partial charge is 0.598 e. The van der Waals surface area contributed by atoms with E-state index >= 15 is 0 Å². The van der Waals surface area contributed by atoms with E-state index in [1.54, 1.807) is 18.2 Å². The Morgan fingerprint density at radius 2 is 2.00 bits per heavy atom. The third-order valence-electron chi connectivity index (χ3n) is 3.98. The molecule has 1 aliphatic heterocycles. The van der Waals surface area contributed by atoms with Crippen LogP contribution < -0.4 is 4.72 Å². The number of ether oxygens (including phenoxy) is 2. The van der Waals surface area contributed by atoms with Crippen molar-refractivity contribution >= 4 is 50.2 Å².